The number of amides is 1. The van der Waals surface area contributed by atoms with Crippen LogP contribution in [0, 0.1) is 0 Å². The summed E-state index contributed by atoms with van der Waals surface area (Å²) in [5, 5.41) is 4.71. The minimum atomic E-state index is -0.362. The summed E-state index contributed by atoms with van der Waals surface area (Å²) >= 11 is 9.68. The van der Waals surface area contributed by atoms with Crippen molar-refractivity contribution in [1.29, 1.82) is 0 Å². The maximum Gasteiger partial charge on any atom is 0.277 e. The Kier molecular flexibility index (Phi) is 8.60. The van der Waals surface area contributed by atoms with Gasteiger partial charge in [0.1, 0.15) is 17.2 Å². The van der Waals surface area contributed by atoms with Gasteiger partial charge < -0.3 is 14.2 Å². The van der Waals surface area contributed by atoms with E-state index in [2.05, 4.69) is 26.5 Å². The minimum absolute atomic E-state index is 0.144. The minimum Gasteiger partial charge on any atom is -0.496 e. The highest BCUT2D eigenvalue weighted by Gasteiger charge is 2.20. The molecule has 0 radical (unpaired) electrons. The van der Waals surface area contributed by atoms with Gasteiger partial charge in [0, 0.05) is 5.02 Å². The van der Waals surface area contributed by atoms with E-state index in [0.717, 1.165) is 18.4 Å². The van der Waals surface area contributed by atoms with Crippen LogP contribution in [0.25, 0.3) is 0 Å². The van der Waals surface area contributed by atoms with Crippen molar-refractivity contribution in [2.75, 3.05) is 20.8 Å². The van der Waals surface area contributed by atoms with Crippen LogP contribution in [-0.4, -0.2) is 32.9 Å². The Labute approximate surface area is 196 Å². The summed E-state index contributed by atoms with van der Waals surface area (Å²) in [5.41, 5.74) is 4.22. The van der Waals surface area contributed by atoms with Gasteiger partial charge in [-0.1, -0.05) is 30.9 Å². The fraction of sp³-hybridized carbons (Fsp3) is 0.391. The molecule has 0 saturated heterocycles. The maximum atomic E-state index is 12.3. The lowest BCUT2D eigenvalue weighted by Crippen LogP contribution is -2.25. The molecule has 2 aromatic rings. The first-order valence-corrected chi connectivity index (χ1v) is 11.3. The third kappa shape index (κ3) is 6.14. The van der Waals surface area contributed by atoms with Crippen LogP contribution in [-0.2, 0) is 4.79 Å². The molecule has 1 fully saturated rings. The normalized spacial score (nSPS) is 14.5. The standard InChI is InChI=1S/C23H26BrClN2O4/c1-29-19-10-11-21(30-2)23(24)18(19)13-26-27-22(28)14-31-20-9-8-16(25)12-17(20)15-6-4-3-5-7-15/h8-13,15H,3-7,14H2,1-2H3,(H,27,28)/b26-13-. The Morgan fingerprint density at radius 3 is 2.52 bits per heavy atom. The number of hydrazone groups is 1. The van der Waals surface area contributed by atoms with Crippen LogP contribution >= 0.6 is 27.5 Å². The van der Waals surface area contributed by atoms with E-state index in [9.17, 15) is 4.79 Å². The smallest absolute Gasteiger partial charge is 0.277 e. The molecule has 8 heteroatoms. The summed E-state index contributed by atoms with van der Waals surface area (Å²) in [7, 11) is 3.14. The van der Waals surface area contributed by atoms with Gasteiger partial charge in [0.15, 0.2) is 6.61 Å². The molecule has 1 aliphatic rings. The lowest BCUT2D eigenvalue weighted by Gasteiger charge is -2.24. The molecule has 0 atom stereocenters. The molecule has 0 spiro atoms. The lowest BCUT2D eigenvalue weighted by molar-refractivity contribution is -0.123. The highest BCUT2D eigenvalue weighted by molar-refractivity contribution is 9.10. The van der Waals surface area contributed by atoms with E-state index >= 15 is 0 Å². The molecule has 0 aromatic heterocycles. The summed E-state index contributed by atoms with van der Waals surface area (Å²) in [4.78, 5) is 12.3. The Hall–Kier alpha value is -2.25. The van der Waals surface area contributed by atoms with Crippen molar-refractivity contribution in [3.8, 4) is 17.2 Å². The maximum absolute atomic E-state index is 12.3. The van der Waals surface area contributed by atoms with Gasteiger partial charge in [0.25, 0.3) is 5.91 Å². The van der Waals surface area contributed by atoms with Gasteiger partial charge in [-0.25, -0.2) is 5.43 Å². The molecule has 2 aromatic carbocycles. The second-order valence-electron chi connectivity index (χ2n) is 7.30. The van der Waals surface area contributed by atoms with E-state index < -0.39 is 0 Å². The molecule has 0 aliphatic heterocycles. The van der Waals surface area contributed by atoms with Gasteiger partial charge >= 0.3 is 0 Å². The first kappa shape index (κ1) is 23.4. The average molecular weight is 510 g/mol. The monoisotopic (exact) mass is 508 g/mol. The van der Waals surface area contributed by atoms with Crippen LogP contribution in [0.4, 0.5) is 0 Å². The Bertz CT molecular complexity index is 945. The molecule has 3 rings (SSSR count). The fourth-order valence-corrected chi connectivity index (χ4v) is 4.51. The number of ether oxygens (including phenoxy) is 3. The Morgan fingerprint density at radius 1 is 1.13 bits per heavy atom. The SMILES string of the molecule is COc1ccc(OC)c(/C=N\NC(=O)COc2ccc(Cl)cc2C2CCCCC2)c1Br. The third-order valence-electron chi connectivity index (χ3n) is 5.30. The molecule has 1 saturated carbocycles. The number of halogens is 2. The first-order valence-electron chi connectivity index (χ1n) is 10.2. The second-order valence-corrected chi connectivity index (χ2v) is 8.53. The van der Waals surface area contributed by atoms with E-state index in [1.807, 2.05) is 12.1 Å². The van der Waals surface area contributed by atoms with E-state index in [-0.39, 0.29) is 12.5 Å². The topological polar surface area (TPSA) is 69.2 Å². The van der Waals surface area contributed by atoms with Gasteiger partial charge in [-0.05, 0) is 70.6 Å². The summed E-state index contributed by atoms with van der Waals surface area (Å²) in [6.07, 6.45) is 7.40. The van der Waals surface area contributed by atoms with Gasteiger partial charge in [-0.2, -0.15) is 5.10 Å². The van der Waals surface area contributed by atoms with Crippen LogP contribution in [0.3, 0.4) is 0 Å². The first-order chi connectivity index (χ1) is 15.0. The molecule has 166 valence electrons. The summed E-state index contributed by atoms with van der Waals surface area (Å²) in [6.45, 7) is -0.144. The zero-order valence-corrected chi connectivity index (χ0v) is 20.0. The van der Waals surface area contributed by atoms with Crippen molar-refractivity contribution in [2.45, 2.75) is 38.0 Å². The van der Waals surface area contributed by atoms with Crippen LogP contribution in [0.15, 0.2) is 39.9 Å². The molecule has 1 N–H and O–H groups in total. The summed E-state index contributed by atoms with van der Waals surface area (Å²) < 4.78 is 17.1. The van der Waals surface area contributed by atoms with Crippen LogP contribution in [0.5, 0.6) is 17.2 Å². The highest BCUT2D eigenvalue weighted by atomic mass is 79.9. The Balaban J connectivity index is 1.63. The molecule has 0 heterocycles. The quantitative estimate of drug-likeness (QED) is 0.366. The molecular weight excluding hydrogens is 484 g/mol. The number of nitrogens with one attached hydrogen (secondary N) is 1. The lowest BCUT2D eigenvalue weighted by atomic mass is 9.84. The largest absolute Gasteiger partial charge is 0.496 e. The van der Waals surface area contributed by atoms with Gasteiger partial charge in [-0.3, -0.25) is 4.79 Å². The molecule has 0 bridgehead atoms. The Morgan fingerprint density at radius 2 is 1.81 bits per heavy atom. The van der Waals surface area contributed by atoms with Crippen LogP contribution < -0.4 is 19.6 Å². The molecule has 6 nitrogen and oxygen atoms in total. The summed E-state index contributed by atoms with van der Waals surface area (Å²) in [5.74, 6) is 1.99. The molecule has 1 amide bonds. The zero-order valence-electron chi connectivity index (χ0n) is 17.6. The van der Waals surface area contributed by atoms with E-state index in [1.165, 1.54) is 25.5 Å². The van der Waals surface area contributed by atoms with Crippen molar-refractivity contribution >= 4 is 39.7 Å². The van der Waals surface area contributed by atoms with Crippen molar-refractivity contribution in [1.82, 2.24) is 5.43 Å². The number of benzene rings is 2. The molecule has 31 heavy (non-hydrogen) atoms. The van der Waals surface area contributed by atoms with Crippen molar-refractivity contribution in [3.05, 3.63) is 51.0 Å². The van der Waals surface area contributed by atoms with Gasteiger partial charge in [-0.15, -0.1) is 0 Å². The van der Waals surface area contributed by atoms with Crippen molar-refractivity contribution in [2.24, 2.45) is 5.10 Å². The van der Waals surface area contributed by atoms with Crippen LogP contribution in [0.1, 0.15) is 49.1 Å². The van der Waals surface area contributed by atoms with Crippen molar-refractivity contribution < 1.29 is 19.0 Å². The van der Waals surface area contributed by atoms with E-state index in [0.29, 0.717) is 38.2 Å². The average Bonchev–Trinajstić information content (AvgIpc) is 2.79. The second kappa shape index (κ2) is 11.4. The third-order valence-corrected chi connectivity index (χ3v) is 6.36. The predicted molar refractivity (Wildman–Crippen MR) is 126 cm³/mol. The van der Waals surface area contributed by atoms with Gasteiger partial charge in [0.05, 0.1) is 30.5 Å². The number of hydrogen-bond donors (Lipinski definition) is 1. The van der Waals surface area contributed by atoms with E-state index in [1.54, 1.807) is 32.4 Å². The predicted octanol–water partition coefficient (Wildman–Crippen LogP) is 5.70. The zero-order chi connectivity index (χ0) is 22.2. The summed E-state index contributed by atoms with van der Waals surface area (Å²) in [6, 6.07) is 9.12. The molecule has 0 unspecified atom stereocenters. The number of methoxy groups -OCH3 is 2. The number of carbonyl (C=O) groups is 1. The number of rotatable bonds is 8. The van der Waals surface area contributed by atoms with Gasteiger partial charge in [0.2, 0.25) is 0 Å². The van der Waals surface area contributed by atoms with E-state index in [4.69, 9.17) is 25.8 Å². The van der Waals surface area contributed by atoms with Crippen LogP contribution in [0.2, 0.25) is 5.02 Å². The fourth-order valence-electron chi connectivity index (χ4n) is 3.74. The van der Waals surface area contributed by atoms with Crippen molar-refractivity contribution in [3.63, 3.8) is 0 Å². The number of nitrogens with zero attached hydrogens (tertiary/aromatic N) is 1. The molecule has 1 aliphatic carbocycles. The molecular formula is C23H26BrClN2O4. The highest BCUT2D eigenvalue weighted by Crippen LogP contribution is 2.38. The number of carbonyl (C=O) groups excluding carboxylic acids is 1. The number of hydrogen-bond acceptors (Lipinski definition) is 5.